The molecule has 0 aromatic heterocycles. The van der Waals surface area contributed by atoms with Gasteiger partial charge in [0.25, 0.3) is 5.91 Å². The lowest BCUT2D eigenvalue weighted by Crippen LogP contribution is -2.42. The molecule has 0 aliphatic carbocycles. The van der Waals surface area contributed by atoms with Crippen LogP contribution in [0.1, 0.15) is 22.8 Å². The molecule has 0 spiro atoms. The van der Waals surface area contributed by atoms with E-state index in [9.17, 15) is 9.90 Å². The third kappa shape index (κ3) is 5.21. The first-order chi connectivity index (χ1) is 13.5. The van der Waals surface area contributed by atoms with E-state index in [1.165, 1.54) is 0 Å². The largest absolute Gasteiger partial charge is 0.497 e. The van der Waals surface area contributed by atoms with Gasteiger partial charge in [-0.15, -0.1) is 0 Å². The molecule has 0 unspecified atom stereocenters. The topological polar surface area (TPSA) is 58.6 Å². The molecule has 0 radical (unpaired) electrons. The lowest BCUT2D eigenvalue weighted by atomic mass is 9.96. The molecule has 28 heavy (non-hydrogen) atoms. The Labute approximate surface area is 165 Å². The maximum Gasteiger partial charge on any atom is 0.251 e. The number of carbonyl (C=O) groups excluding carboxylic acids is 1. The summed E-state index contributed by atoms with van der Waals surface area (Å²) in [6.07, 6.45) is 0.435. The zero-order valence-corrected chi connectivity index (χ0v) is 16.2. The first-order valence-corrected chi connectivity index (χ1v) is 9.26. The Morgan fingerprint density at radius 1 is 0.929 bits per heavy atom. The summed E-state index contributed by atoms with van der Waals surface area (Å²) in [5, 5.41) is 13.5. The molecule has 1 amide bonds. The van der Waals surface area contributed by atoms with E-state index in [-0.39, 0.29) is 12.5 Å². The molecule has 0 heterocycles. The van der Waals surface area contributed by atoms with Crippen LogP contribution in [-0.4, -0.2) is 30.3 Å². The van der Waals surface area contributed by atoms with E-state index in [4.69, 9.17) is 4.74 Å². The summed E-state index contributed by atoms with van der Waals surface area (Å²) >= 11 is 0. The maximum atomic E-state index is 12.4. The molecule has 4 nitrogen and oxygen atoms in total. The summed E-state index contributed by atoms with van der Waals surface area (Å²) in [7, 11) is 1.62. The lowest BCUT2D eigenvalue weighted by Gasteiger charge is -2.24. The minimum atomic E-state index is -1.05. The lowest BCUT2D eigenvalue weighted by molar-refractivity contribution is 0.0552. The molecule has 0 aliphatic rings. The summed E-state index contributed by atoms with van der Waals surface area (Å²) in [5.74, 6) is 0.574. The van der Waals surface area contributed by atoms with Crippen molar-refractivity contribution < 1.29 is 14.6 Å². The number of rotatable bonds is 7. The van der Waals surface area contributed by atoms with Crippen molar-refractivity contribution in [3.63, 3.8) is 0 Å². The maximum absolute atomic E-state index is 12.4. The summed E-state index contributed by atoms with van der Waals surface area (Å²) in [6.45, 7) is 1.88. The first kappa shape index (κ1) is 19.6. The second kappa shape index (κ2) is 8.72. The van der Waals surface area contributed by atoms with Crippen LogP contribution in [0.15, 0.2) is 78.9 Å². The quantitative estimate of drug-likeness (QED) is 0.654. The number of hydrogen-bond donors (Lipinski definition) is 2. The number of benzene rings is 3. The zero-order chi connectivity index (χ0) is 20.0. The zero-order valence-electron chi connectivity index (χ0n) is 16.2. The monoisotopic (exact) mass is 375 g/mol. The van der Waals surface area contributed by atoms with Gasteiger partial charge in [0.1, 0.15) is 5.75 Å². The molecule has 0 aliphatic heterocycles. The summed E-state index contributed by atoms with van der Waals surface area (Å²) < 4.78 is 5.14. The Hall–Kier alpha value is -3.11. The molecular formula is C24H25NO3. The summed E-state index contributed by atoms with van der Waals surface area (Å²) in [6, 6.07) is 25.0. The van der Waals surface area contributed by atoms with Crippen LogP contribution in [-0.2, 0) is 6.42 Å². The predicted octanol–water partition coefficient (Wildman–Crippen LogP) is 4.09. The minimum absolute atomic E-state index is 0.165. The molecule has 4 heteroatoms. The number of amides is 1. The highest BCUT2D eigenvalue weighted by Crippen LogP contribution is 2.20. The first-order valence-electron chi connectivity index (χ1n) is 9.26. The molecule has 2 N–H and O–H groups in total. The summed E-state index contributed by atoms with van der Waals surface area (Å²) in [4.78, 5) is 12.4. The molecular weight excluding hydrogens is 350 g/mol. The molecule has 0 saturated heterocycles. The molecule has 0 fully saturated rings. The number of carbonyl (C=O) groups is 1. The van der Waals surface area contributed by atoms with Crippen LogP contribution in [0, 0.1) is 0 Å². The van der Waals surface area contributed by atoms with E-state index in [0.717, 1.165) is 22.4 Å². The third-order valence-electron chi connectivity index (χ3n) is 4.63. The van der Waals surface area contributed by atoms with Gasteiger partial charge in [-0.1, -0.05) is 54.6 Å². The fourth-order valence-corrected chi connectivity index (χ4v) is 3.06. The van der Waals surface area contributed by atoms with Gasteiger partial charge in [-0.25, -0.2) is 0 Å². The number of methoxy groups -OCH3 is 1. The highest BCUT2D eigenvalue weighted by Gasteiger charge is 2.22. The standard InChI is InChI=1S/C24H25NO3/c1-24(27,16-18-8-14-22(28-2)15-9-18)17-25-23(26)21-12-10-20(11-13-21)19-6-4-3-5-7-19/h3-15,27H,16-17H2,1-2H3,(H,25,26)/t24-/m1/s1. The van der Waals surface area contributed by atoms with Crippen LogP contribution in [0.3, 0.4) is 0 Å². The van der Waals surface area contributed by atoms with Crippen LogP contribution >= 0.6 is 0 Å². The number of nitrogens with one attached hydrogen (secondary N) is 1. The molecule has 144 valence electrons. The Bertz CT molecular complexity index is 901. The van der Waals surface area contributed by atoms with Gasteiger partial charge < -0.3 is 15.2 Å². The highest BCUT2D eigenvalue weighted by molar-refractivity contribution is 5.94. The van der Waals surface area contributed by atoms with Gasteiger partial charge in [0, 0.05) is 18.5 Å². The van der Waals surface area contributed by atoms with Crippen LogP contribution in [0.4, 0.5) is 0 Å². The number of hydrogen-bond acceptors (Lipinski definition) is 3. The smallest absolute Gasteiger partial charge is 0.251 e. The normalized spacial score (nSPS) is 12.8. The van der Waals surface area contributed by atoms with Gasteiger partial charge in [-0.3, -0.25) is 4.79 Å². The molecule has 3 rings (SSSR count). The number of aliphatic hydroxyl groups is 1. The fraction of sp³-hybridized carbons (Fsp3) is 0.208. The van der Waals surface area contributed by atoms with Gasteiger partial charge in [-0.05, 0) is 47.9 Å². The molecule has 3 aromatic rings. The second-order valence-electron chi connectivity index (χ2n) is 7.15. The van der Waals surface area contributed by atoms with Crippen LogP contribution in [0.25, 0.3) is 11.1 Å². The third-order valence-corrected chi connectivity index (χ3v) is 4.63. The Morgan fingerprint density at radius 2 is 1.54 bits per heavy atom. The predicted molar refractivity (Wildman–Crippen MR) is 112 cm³/mol. The molecule has 3 aromatic carbocycles. The van der Waals surface area contributed by atoms with E-state index < -0.39 is 5.60 Å². The molecule has 0 saturated carbocycles. The highest BCUT2D eigenvalue weighted by atomic mass is 16.5. The van der Waals surface area contributed by atoms with E-state index in [1.54, 1.807) is 26.2 Å². The average Bonchev–Trinajstić information content (AvgIpc) is 2.73. The fourth-order valence-electron chi connectivity index (χ4n) is 3.06. The average molecular weight is 375 g/mol. The van der Waals surface area contributed by atoms with E-state index >= 15 is 0 Å². The minimum Gasteiger partial charge on any atom is -0.497 e. The van der Waals surface area contributed by atoms with Gasteiger partial charge in [0.05, 0.1) is 12.7 Å². The number of ether oxygens (including phenoxy) is 1. The molecule has 0 bridgehead atoms. The van der Waals surface area contributed by atoms with Crippen molar-refractivity contribution in [1.29, 1.82) is 0 Å². The van der Waals surface area contributed by atoms with E-state index in [0.29, 0.717) is 12.0 Å². The van der Waals surface area contributed by atoms with Crippen LogP contribution in [0.2, 0.25) is 0 Å². The van der Waals surface area contributed by atoms with E-state index in [1.807, 2.05) is 66.7 Å². The van der Waals surface area contributed by atoms with E-state index in [2.05, 4.69) is 5.32 Å². The van der Waals surface area contributed by atoms with Crippen molar-refractivity contribution in [2.45, 2.75) is 18.9 Å². The van der Waals surface area contributed by atoms with Gasteiger partial charge in [0.15, 0.2) is 0 Å². The van der Waals surface area contributed by atoms with Crippen LogP contribution in [0.5, 0.6) is 5.75 Å². The van der Waals surface area contributed by atoms with Crippen molar-refractivity contribution >= 4 is 5.91 Å². The van der Waals surface area contributed by atoms with Crippen LogP contribution < -0.4 is 10.1 Å². The Kier molecular flexibility index (Phi) is 6.12. The Balaban J connectivity index is 1.57. The SMILES string of the molecule is COc1ccc(C[C@@](C)(O)CNC(=O)c2ccc(-c3ccccc3)cc2)cc1. The second-order valence-corrected chi connectivity index (χ2v) is 7.15. The van der Waals surface area contributed by atoms with Crippen molar-refractivity contribution in [2.24, 2.45) is 0 Å². The summed E-state index contributed by atoms with van der Waals surface area (Å²) in [5.41, 5.74) is 2.67. The van der Waals surface area contributed by atoms with Gasteiger partial charge in [-0.2, -0.15) is 0 Å². The van der Waals surface area contributed by atoms with Crippen molar-refractivity contribution in [3.8, 4) is 16.9 Å². The van der Waals surface area contributed by atoms with Crippen molar-refractivity contribution in [2.75, 3.05) is 13.7 Å². The van der Waals surface area contributed by atoms with Crippen molar-refractivity contribution in [3.05, 3.63) is 90.0 Å². The van der Waals surface area contributed by atoms with Gasteiger partial charge in [0.2, 0.25) is 0 Å². The van der Waals surface area contributed by atoms with Gasteiger partial charge >= 0.3 is 0 Å². The Morgan fingerprint density at radius 3 is 2.14 bits per heavy atom. The van der Waals surface area contributed by atoms with Crippen molar-refractivity contribution in [1.82, 2.24) is 5.32 Å². The molecule has 1 atom stereocenters.